The fourth-order valence-electron chi connectivity index (χ4n) is 2.25. The van der Waals surface area contributed by atoms with Crippen molar-refractivity contribution >= 4 is 28.1 Å². The minimum Gasteiger partial charge on any atom is -0.311 e. The number of aryl methyl sites for hydroxylation is 2. The topological polar surface area (TPSA) is 42.2 Å². The Labute approximate surface area is 132 Å². The maximum absolute atomic E-state index is 4.74. The van der Waals surface area contributed by atoms with Crippen LogP contribution in [0.3, 0.4) is 0 Å². The van der Waals surface area contributed by atoms with Crippen LogP contribution in [0.5, 0.6) is 0 Å². The molecule has 3 heterocycles. The van der Waals surface area contributed by atoms with E-state index in [4.69, 9.17) is 4.98 Å². The number of hydrogen-bond donors (Lipinski definition) is 1. The van der Waals surface area contributed by atoms with Gasteiger partial charge in [-0.25, -0.2) is 9.97 Å². The zero-order valence-corrected chi connectivity index (χ0v) is 14.0. The van der Waals surface area contributed by atoms with E-state index in [9.17, 15) is 0 Å². The average molecular weight is 318 g/mol. The molecular formula is C15H18N4S2. The molecule has 3 aromatic rings. The van der Waals surface area contributed by atoms with Crippen molar-refractivity contribution in [3.05, 3.63) is 40.7 Å². The zero-order valence-electron chi connectivity index (χ0n) is 12.4. The van der Waals surface area contributed by atoms with Gasteiger partial charge >= 0.3 is 0 Å². The number of nitrogens with zero attached hydrogens (tertiary/aromatic N) is 3. The number of fused-ring (bicyclic) bond motifs is 1. The third kappa shape index (κ3) is 3.12. The van der Waals surface area contributed by atoms with Gasteiger partial charge in [0.25, 0.3) is 0 Å². The molecular weight excluding hydrogens is 300 g/mol. The molecule has 0 aliphatic rings. The molecule has 0 aliphatic carbocycles. The highest BCUT2D eigenvalue weighted by Crippen LogP contribution is 2.31. The Morgan fingerprint density at radius 1 is 1.29 bits per heavy atom. The number of aromatic nitrogens is 3. The maximum atomic E-state index is 4.74. The maximum Gasteiger partial charge on any atom is 0.194 e. The number of thiazole rings is 1. The van der Waals surface area contributed by atoms with Crippen LogP contribution >= 0.6 is 23.1 Å². The highest BCUT2D eigenvalue weighted by atomic mass is 32.2. The fourth-order valence-corrected chi connectivity index (χ4v) is 4.10. The largest absolute Gasteiger partial charge is 0.311 e. The first kappa shape index (κ1) is 14.6. The highest BCUT2D eigenvalue weighted by Gasteiger charge is 2.14. The molecule has 110 valence electrons. The van der Waals surface area contributed by atoms with Crippen LogP contribution in [0.4, 0.5) is 0 Å². The van der Waals surface area contributed by atoms with Gasteiger partial charge in [-0.1, -0.05) is 6.92 Å². The third-order valence-corrected chi connectivity index (χ3v) is 4.84. The van der Waals surface area contributed by atoms with E-state index >= 15 is 0 Å². The summed E-state index contributed by atoms with van der Waals surface area (Å²) in [6, 6.07) is 4.21. The number of pyridine rings is 1. The van der Waals surface area contributed by atoms with Crippen LogP contribution in [-0.2, 0) is 6.54 Å². The summed E-state index contributed by atoms with van der Waals surface area (Å²) in [5, 5.41) is 7.51. The van der Waals surface area contributed by atoms with Crippen molar-refractivity contribution in [1.82, 2.24) is 19.7 Å². The quantitative estimate of drug-likeness (QED) is 0.779. The molecule has 21 heavy (non-hydrogen) atoms. The molecule has 4 nitrogen and oxygen atoms in total. The summed E-state index contributed by atoms with van der Waals surface area (Å²) in [6.45, 7) is 8.02. The highest BCUT2D eigenvalue weighted by molar-refractivity contribution is 7.99. The smallest absolute Gasteiger partial charge is 0.194 e. The molecule has 0 unspecified atom stereocenters. The lowest BCUT2D eigenvalue weighted by Gasteiger charge is -2.05. The molecule has 0 spiro atoms. The van der Waals surface area contributed by atoms with Crippen LogP contribution in [0, 0.1) is 13.8 Å². The molecule has 0 radical (unpaired) electrons. The molecule has 3 aromatic heterocycles. The summed E-state index contributed by atoms with van der Waals surface area (Å²) in [7, 11) is 0. The second kappa shape index (κ2) is 6.17. The van der Waals surface area contributed by atoms with Gasteiger partial charge in [-0.3, -0.25) is 4.40 Å². The van der Waals surface area contributed by atoms with Crippen molar-refractivity contribution in [2.24, 2.45) is 0 Å². The van der Waals surface area contributed by atoms with Crippen molar-refractivity contribution in [3.63, 3.8) is 0 Å². The number of rotatable bonds is 5. The van der Waals surface area contributed by atoms with Gasteiger partial charge in [0, 0.05) is 23.8 Å². The monoisotopic (exact) mass is 318 g/mol. The summed E-state index contributed by atoms with van der Waals surface area (Å²) in [4.78, 5) is 10.4. The van der Waals surface area contributed by atoms with E-state index in [-0.39, 0.29) is 0 Å². The summed E-state index contributed by atoms with van der Waals surface area (Å²) in [5.74, 6) is 0. The van der Waals surface area contributed by atoms with Crippen molar-refractivity contribution in [3.8, 4) is 0 Å². The van der Waals surface area contributed by atoms with Gasteiger partial charge in [0.1, 0.15) is 10.1 Å². The molecule has 0 aliphatic heterocycles. The van der Waals surface area contributed by atoms with E-state index < -0.39 is 0 Å². The molecule has 0 atom stereocenters. The lowest BCUT2D eigenvalue weighted by molar-refractivity contribution is 0.694. The first-order valence-electron chi connectivity index (χ1n) is 6.95. The molecule has 6 heteroatoms. The van der Waals surface area contributed by atoms with Crippen molar-refractivity contribution < 1.29 is 0 Å². The van der Waals surface area contributed by atoms with Crippen molar-refractivity contribution in [2.45, 2.75) is 37.4 Å². The molecule has 0 saturated carbocycles. The molecule has 0 amide bonds. The second-order valence-corrected chi connectivity index (χ2v) is 6.81. The Bertz CT molecular complexity index is 740. The van der Waals surface area contributed by atoms with Crippen LogP contribution in [0.15, 0.2) is 33.8 Å². The first-order valence-corrected chi connectivity index (χ1v) is 8.65. The van der Waals surface area contributed by atoms with Gasteiger partial charge < -0.3 is 5.32 Å². The SMILES string of the molecule is CCNCc1c(Sc2cc(C)cc(C)n2)nc2sccn12. The van der Waals surface area contributed by atoms with Crippen LogP contribution in [0.2, 0.25) is 0 Å². The van der Waals surface area contributed by atoms with Crippen LogP contribution in [-0.4, -0.2) is 20.9 Å². The Kier molecular flexibility index (Phi) is 4.28. The van der Waals surface area contributed by atoms with Crippen molar-refractivity contribution in [2.75, 3.05) is 6.54 Å². The molecule has 0 bridgehead atoms. The van der Waals surface area contributed by atoms with E-state index in [1.807, 2.05) is 6.92 Å². The Hall–Kier alpha value is -1.37. The Morgan fingerprint density at radius 2 is 2.14 bits per heavy atom. The lowest BCUT2D eigenvalue weighted by atomic mass is 10.3. The number of hydrogen-bond acceptors (Lipinski definition) is 5. The third-order valence-electron chi connectivity index (χ3n) is 3.14. The predicted octanol–water partition coefficient (Wildman–Crippen LogP) is 3.67. The molecule has 3 rings (SSSR count). The summed E-state index contributed by atoms with van der Waals surface area (Å²) in [5.41, 5.74) is 3.49. The van der Waals surface area contributed by atoms with Crippen LogP contribution in [0.1, 0.15) is 23.9 Å². The number of imidazole rings is 1. The standard InChI is InChI=1S/C15H18N4S2/c1-4-16-9-12-14(18-15-19(12)5-6-20-15)21-13-8-10(2)7-11(3)17-13/h5-8,16H,4,9H2,1-3H3. The van der Waals surface area contributed by atoms with Crippen molar-refractivity contribution in [1.29, 1.82) is 0 Å². The lowest BCUT2D eigenvalue weighted by Crippen LogP contribution is -2.13. The van der Waals surface area contributed by atoms with Crippen LogP contribution < -0.4 is 5.32 Å². The fraction of sp³-hybridized carbons (Fsp3) is 0.333. The van der Waals surface area contributed by atoms with Gasteiger partial charge in [-0.15, -0.1) is 11.3 Å². The Morgan fingerprint density at radius 3 is 2.90 bits per heavy atom. The molecule has 0 fully saturated rings. The van der Waals surface area contributed by atoms with E-state index in [1.165, 1.54) is 11.3 Å². The van der Waals surface area contributed by atoms with E-state index in [1.54, 1.807) is 23.1 Å². The van der Waals surface area contributed by atoms with E-state index in [2.05, 4.69) is 52.3 Å². The second-order valence-electron chi connectivity index (χ2n) is 4.93. The van der Waals surface area contributed by atoms with Gasteiger partial charge in [-0.05, 0) is 49.9 Å². The summed E-state index contributed by atoms with van der Waals surface area (Å²) in [6.07, 6.45) is 2.08. The minimum atomic E-state index is 0.821. The van der Waals surface area contributed by atoms with Gasteiger partial charge in [-0.2, -0.15) is 0 Å². The normalized spacial score (nSPS) is 11.4. The summed E-state index contributed by atoms with van der Waals surface area (Å²) < 4.78 is 2.16. The molecule has 0 saturated heterocycles. The first-order chi connectivity index (χ1) is 10.2. The zero-order chi connectivity index (χ0) is 14.8. The van der Waals surface area contributed by atoms with Gasteiger partial charge in [0.15, 0.2) is 4.96 Å². The van der Waals surface area contributed by atoms with E-state index in [0.717, 1.165) is 33.8 Å². The Balaban J connectivity index is 1.96. The van der Waals surface area contributed by atoms with E-state index in [0.29, 0.717) is 0 Å². The predicted molar refractivity (Wildman–Crippen MR) is 88.3 cm³/mol. The summed E-state index contributed by atoms with van der Waals surface area (Å²) >= 11 is 3.31. The van der Waals surface area contributed by atoms with Gasteiger partial charge in [0.2, 0.25) is 0 Å². The molecule has 0 aromatic carbocycles. The van der Waals surface area contributed by atoms with Gasteiger partial charge in [0.05, 0.1) is 5.69 Å². The average Bonchev–Trinajstić information content (AvgIpc) is 2.96. The number of nitrogens with one attached hydrogen (secondary N) is 1. The molecule has 1 N–H and O–H groups in total. The van der Waals surface area contributed by atoms with Crippen LogP contribution in [0.25, 0.3) is 4.96 Å². The minimum absolute atomic E-state index is 0.821.